The Labute approximate surface area is 159 Å². The van der Waals surface area contributed by atoms with Crippen LogP contribution in [0.25, 0.3) is 16.1 Å². The third kappa shape index (κ3) is 3.73. The Morgan fingerprint density at radius 2 is 2.15 bits per heavy atom. The lowest BCUT2D eigenvalue weighted by atomic mass is 10.0. The molecule has 0 amide bonds. The first-order valence-electron chi connectivity index (χ1n) is 9.06. The highest BCUT2D eigenvalue weighted by Crippen LogP contribution is 2.39. The first kappa shape index (κ1) is 18.4. The minimum absolute atomic E-state index is 0.0425. The highest BCUT2D eigenvalue weighted by Gasteiger charge is 2.18. The maximum absolute atomic E-state index is 9.44. The normalized spacial score (nSPS) is 17.6. The van der Waals surface area contributed by atoms with Crippen LogP contribution in [0.4, 0.5) is 0 Å². The van der Waals surface area contributed by atoms with Crippen LogP contribution in [-0.4, -0.2) is 11.1 Å². The largest absolute Gasteiger partial charge is 0.490 e. The van der Waals surface area contributed by atoms with Gasteiger partial charge in [0.2, 0.25) is 0 Å². The first-order valence-corrected chi connectivity index (χ1v) is 9.87. The number of hydrogen-bond donors (Lipinski definition) is 0. The molecule has 3 rings (SSSR count). The molecule has 4 heteroatoms. The number of benzene rings is 1. The SMILES string of the molecule is C/C=C1/CCC/C1=C(/C)c1cnc(-c2ccc(OC(C)C)c(C#N)c2)s1. The number of aromatic nitrogens is 1. The van der Waals surface area contributed by atoms with Crippen molar-refractivity contribution in [2.24, 2.45) is 0 Å². The number of rotatable bonds is 4. The smallest absolute Gasteiger partial charge is 0.137 e. The molecular weight excluding hydrogens is 340 g/mol. The Kier molecular flexibility index (Phi) is 5.58. The molecule has 1 aliphatic rings. The zero-order chi connectivity index (χ0) is 18.7. The van der Waals surface area contributed by atoms with Crippen molar-refractivity contribution < 1.29 is 4.74 Å². The van der Waals surface area contributed by atoms with E-state index in [4.69, 9.17) is 4.74 Å². The van der Waals surface area contributed by atoms with E-state index in [9.17, 15) is 5.26 Å². The second kappa shape index (κ2) is 7.88. The monoisotopic (exact) mass is 364 g/mol. The predicted octanol–water partition coefficient (Wildman–Crippen LogP) is 6.37. The topological polar surface area (TPSA) is 45.9 Å². The van der Waals surface area contributed by atoms with Crippen molar-refractivity contribution in [1.82, 2.24) is 4.98 Å². The average Bonchev–Trinajstić information content (AvgIpc) is 3.30. The molecule has 1 fully saturated rings. The summed E-state index contributed by atoms with van der Waals surface area (Å²) in [5, 5.41) is 10.4. The fourth-order valence-corrected chi connectivity index (χ4v) is 4.29. The van der Waals surface area contributed by atoms with Crippen LogP contribution in [0, 0.1) is 11.3 Å². The van der Waals surface area contributed by atoms with Gasteiger partial charge in [-0.2, -0.15) is 5.26 Å². The molecule has 1 aliphatic carbocycles. The second-order valence-electron chi connectivity index (χ2n) is 6.79. The predicted molar refractivity (Wildman–Crippen MR) is 108 cm³/mol. The van der Waals surface area contributed by atoms with Gasteiger partial charge in [0.1, 0.15) is 16.8 Å². The number of hydrogen-bond acceptors (Lipinski definition) is 4. The van der Waals surface area contributed by atoms with Crippen molar-refractivity contribution in [3.05, 3.63) is 52.1 Å². The molecule has 0 spiro atoms. The van der Waals surface area contributed by atoms with E-state index in [2.05, 4.69) is 31.0 Å². The Morgan fingerprint density at radius 1 is 1.35 bits per heavy atom. The van der Waals surface area contributed by atoms with Gasteiger partial charge in [0.25, 0.3) is 0 Å². The quantitative estimate of drug-likeness (QED) is 0.633. The van der Waals surface area contributed by atoms with Crippen molar-refractivity contribution in [3.8, 4) is 22.4 Å². The van der Waals surface area contributed by atoms with Crippen LogP contribution >= 0.6 is 11.3 Å². The van der Waals surface area contributed by atoms with Gasteiger partial charge in [-0.25, -0.2) is 4.98 Å². The summed E-state index contributed by atoms with van der Waals surface area (Å²) in [6, 6.07) is 7.96. The van der Waals surface area contributed by atoms with E-state index in [1.807, 2.05) is 38.2 Å². The van der Waals surface area contributed by atoms with Crippen molar-refractivity contribution in [1.29, 1.82) is 5.26 Å². The summed E-state index contributed by atoms with van der Waals surface area (Å²) in [4.78, 5) is 5.82. The number of ether oxygens (including phenoxy) is 1. The highest BCUT2D eigenvalue weighted by molar-refractivity contribution is 7.16. The minimum atomic E-state index is 0.0425. The van der Waals surface area contributed by atoms with E-state index in [-0.39, 0.29) is 6.10 Å². The zero-order valence-corrected chi connectivity index (χ0v) is 16.6. The molecular formula is C22H24N2OS. The Balaban J connectivity index is 1.93. The van der Waals surface area contributed by atoms with Crippen molar-refractivity contribution in [2.75, 3.05) is 0 Å². The first-order chi connectivity index (χ1) is 12.5. The highest BCUT2D eigenvalue weighted by atomic mass is 32.1. The Hall–Kier alpha value is -2.38. The van der Waals surface area contributed by atoms with Crippen LogP contribution < -0.4 is 4.74 Å². The van der Waals surface area contributed by atoms with Crippen LogP contribution in [-0.2, 0) is 0 Å². The molecule has 134 valence electrons. The molecule has 2 aromatic rings. The van der Waals surface area contributed by atoms with Crippen LogP contribution in [0.15, 0.2) is 41.6 Å². The second-order valence-corrected chi connectivity index (χ2v) is 7.82. The van der Waals surface area contributed by atoms with E-state index in [0.717, 1.165) is 17.0 Å². The van der Waals surface area contributed by atoms with Crippen molar-refractivity contribution in [2.45, 2.75) is 53.1 Å². The summed E-state index contributed by atoms with van der Waals surface area (Å²) in [6.07, 6.45) is 7.80. The van der Waals surface area contributed by atoms with Gasteiger partial charge < -0.3 is 4.74 Å². The van der Waals surface area contributed by atoms with E-state index < -0.39 is 0 Å². The molecule has 1 heterocycles. The molecule has 0 saturated heterocycles. The van der Waals surface area contributed by atoms with Gasteiger partial charge in [-0.15, -0.1) is 11.3 Å². The van der Waals surface area contributed by atoms with Crippen LogP contribution in [0.2, 0.25) is 0 Å². The van der Waals surface area contributed by atoms with E-state index in [0.29, 0.717) is 11.3 Å². The number of nitriles is 1. The molecule has 0 unspecified atom stereocenters. The molecule has 0 N–H and O–H groups in total. The lowest BCUT2D eigenvalue weighted by molar-refractivity contribution is 0.242. The lowest BCUT2D eigenvalue weighted by Crippen LogP contribution is -2.06. The van der Waals surface area contributed by atoms with Gasteiger partial charge in [0.15, 0.2) is 0 Å². The van der Waals surface area contributed by atoms with Gasteiger partial charge >= 0.3 is 0 Å². The molecule has 0 radical (unpaired) electrons. The standard InChI is InChI=1S/C22H24N2OS/c1-5-16-7-6-8-19(16)15(4)21-13-24-22(26-21)17-9-10-20(25-14(2)3)18(11-17)12-23/h5,9-11,13-14H,6-8H2,1-4H3/b16-5-,19-15+. The molecule has 0 atom stereocenters. The van der Waals surface area contributed by atoms with Gasteiger partial charge in [0, 0.05) is 11.8 Å². The minimum Gasteiger partial charge on any atom is -0.490 e. The molecule has 0 bridgehead atoms. The summed E-state index contributed by atoms with van der Waals surface area (Å²) < 4.78 is 5.71. The summed E-state index contributed by atoms with van der Waals surface area (Å²) >= 11 is 1.69. The van der Waals surface area contributed by atoms with Crippen molar-refractivity contribution in [3.63, 3.8) is 0 Å². The fraction of sp³-hybridized carbons (Fsp3) is 0.364. The summed E-state index contributed by atoms with van der Waals surface area (Å²) in [7, 11) is 0. The number of allylic oxidation sites excluding steroid dienone is 4. The molecule has 26 heavy (non-hydrogen) atoms. The summed E-state index contributed by atoms with van der Waals surface area (Å²) in [5.74, 6) is 0.630. The van der Waals surface area contributed by atoms with Crippen LogP contribution in [0.3, 0.4) is 0 Å². The maximum atomic E-state index is 9.44. The van der Waals surface area contributed by atoms with Gasteiger partial charge in [-0.1, -0.05) is 6.08 Å². The Bertz CT molecular complexity index is 912. The van der Waals surface area contributed by atoms with E-state index in [1.165, 1.54) is 34.4 Å². The zero-order valence-electron chi connectivity index (χ0n) is 15.8. The average molecular weight is 365 g/mol. The maximum Gasteiger partial charge on any atom is 0.137 e. The van der Waals surface area contributed by atoms with Crippen LogP contribution in [0.1, 0.15) is 57.4 Å². The number of nitrogens with zero attached hydrogens (tertiary/aromatic N) is 2. The summed E-state index contributed by atoms with van der Waals surface area (Å²) in [5.41, 5.74) is 5.79. The lowest BCUT2D eigenvalue weighted by Gasteiger charge is -2.11. The molecule has 1 aromatic heterocycles. The van der Waals surface area contributed by atoms with Gasteiger partial charge in [-0.05, 0) is 81.9 Å². The summed E-state index contributed by atoms with van der Waals surface area (Å²) in [6.45, 7) is 8.24. The molecule has 1 aromatic carbocycles. The van der Waals surface area contributed by atoms with E-state index in [1.54, 1.807) is 11.3 Å². The van der Waals surface area contributed by atoms with Crippen LogP contribution in [0.5, 0.6) is 5.75 Å². The fourth-order valence-electron chi connectivity index (χ4n) is 3.35. The van der Waals surface area contributed by atoms with Crippen molar-refractivity contribution >= 4 is 16.9 Å². The van der Waals surface area contributed by atoms with Gasteiger partial charge in [-0.3, -0.25) is 0 Å². The van der Waals surface area contributed by atoms with E-state index >= 15 is 0 Å². The molecule has 3 nitrogen and oxygen atoms in total. The third-order valence-corrected chi connectivity index (χ3v) is 5.81. The number of thiazole rings is 1. The molecule has 1 saturated carbocycles. The van der Waals surface area contributed by atoms with Gasteiger partial charge in [0.05, 0.1) is 16.5 Å². The third-order valence-electron chi connectivity index (χ3n) is 4.65. The molecule has 0 aliphatic heterocycles. The Morgan fingerprint density at radius 3 is 2.85 bits per heavy atom.